The number of fused-ring (bicyclic) bond motifs is 1. The van der Waals surface area contributed by atoms with Crippen molar-refractivity contribution in [2.75, 3.05) is 56.7 Å². The molecule has 2 aliphatic heterocycles. The summed E-state index contributed by atoms with van der Waals surface area (Å²) in [5.41, 5.74) is 9.38. The first kappa shape index (κ1) is 25.3. The molecule has 1 fully saturated rings. The predicted molar refractivity (Wildman–Crippen MR) is 144 cm³/mol. The van der Waals surface area contributed by atoms with Crippen LogP contribution in [-0.4, -0.2) is 66.4 Å². The lowest BCUT2D eigenvalue weighted by atomic mass is 9.82. The third kappa shape index (κ3) is 5.20. The molecule has 1 aromatic heterocycles. The number of rotatable bonds is 7. The smallest absolute Gasteiger partial charge is 0.224 e. The molecule has 0 radical (unpaired) electrons. The summed E-state index contributed by atoms with van der Waals surface area (Å²) in [6.07, 6.45) is 0. The number of methoxy groups -OCH3 is 1. The van der Waals surface area contributed by atoms with Crippen LogP contribution in [0.2, 0.25) is 0 Å². The minimum absolute atomic E-state index is 0.167. The summed E-state index contributed by atoms with van der Waals surface area (Å²) in [4.78, 5) is 13.5. The van der Waals surface area contributed by atoms with Crippen LogP contribution in [0.25, 0.3) is 0 Å². The van der Waals surface area contributed by atoms with Gasteiger partial charge in [-0.15, -0.1) is 0 Å². The maximum Gasteiger partial charge on any atom is 0.224 e. The molecule has 1 saturated heterocycles. The maximum absolute atomic E-state index is 9.86. The summed E-state index contributed by atoms with van der Waals surface area (Å²) in [7, 11) is 1.62. The highest BCUT2D eigenvalue weighted by atomic mass is 16.5. The van der Waals surface area contributed by atoms with E-state index in [1.807, 2.05) is 55.5 Å². The topological polar surface area (TPSA) is 133 Å². The van der Waals surface area contributed by atoms with Gasteiger partial charge in [0.25, 0.3) is 0 Å². The van der Waals surface area contributed by atoms with Crippen molar-refractivity contribution < 1.29 is 14.6 Å². The quantitative estimate of drug-likeness (QED) is 0.433. The molecule has 0 bridgehead atoms. The molecule has 4 N–H and O–H groups in total. The zero-order valence-electron chi connectivity index (χ0n) is 21.5. The number of allylic oxidation sites excluding steroid dienone is 1. The molecule has 1 atom stereocenters. The van der Waals surface area contributed by atoms with Crippen LogP contribution in [0.15, 0.2) is 59.9 Å². The number of nitrogens with one attached hydrogen (secondary N) is 1. The zero-order chi connectivity index (χ0) is 26.6. The molecule has 196 valence electrons. The van der Waals surface area contributed by atoms with Crippen molar-refractivity contribution in [1.82, 2.24) is 14.9 Å². The summed E-state index contributed by atoms with van der Waals surface area (Å²) < 4.78 is 11.5. The van der Waals surface area contributed by atoms with Gasteiger partial charge in [0.15, 0.2) is 0 Å². The monoisotopic (exact) mass is 513 g/mol. The number of piperazine rings is 1. The van der Waals surface area contributed by atoms with Crippen molar-refractivity contribution in [3.8, 4) is 23.4 Å². The Kier molecular flexibility index (Phi) is 7.31. The summed E-state index contributed by atoms with van der Waals surface area (Å²) in [6, 6.07) is 17.5. The summed E-state index contributed by atoms with van der Waals surface area (Å²) in [5.74, 6) is 3.24. The number of ether oxygens (including phenoxy) is 2. The zero-order valence-corrected chi connectivity index (χ0v) is 21.5. The van der Waals surface area contributed by atoms with Gasteiger partial charge in [-0.25, -0.2) is 4.98 Å². The minimum Gasteiger partial charge on any atom is -0.497 e. The minimum atomic E-state index is -0.311. The number of hydrogen-bond acceptors (Lipinski definition) is 10. The van der Waals surface area contributed by atoms with Gasteiger partial charge in [0.1, 0.15) is 29.0 Å². The van der Waals surface area contributed by atoms with E-state index in [1.54, 1.807) is 7.11 Å². The molecular formula is C28H31N7O3. The fourth-order valence-corrected chi connectivity index (χ4v) is 4.95. The standard InChI is InChI=1S/C28H31N7O3/c1-18-31-25(35-11-9-34(10-12-35)13-14-36)16-26(32-18)38-21-7-8-22-24(15-21)33-28(30)23(17-29)27(22)19-3-5-20(37-2)6-4-19/h3-8,15-16,27,33,36H,9-14,30H2,1-2H3. The van der Waals surface area contributed by atoms with Gasteiger partial charge in [0.05, 0.1) is 25.4 Å². The highest BCUT2D eigenvalue weighted by molar-refractivity contribution is 5.69. The van der Waals surface area contributed by atoms with Crippen LogP contribution in [0.5, 0.6) is 17.4 Å². The first-order chi connectivity index (χ1) is 18.5. The van der Waals surface area contributed by atoms with Crippen LogP contribution in [-0.2, 0) is 0 Å². The van der Waals surface area contributed by atoms with Crippen LogP contribution in [0, 0.1) is 18.3 Å². The Labute approximate surface area is 221 Å². The molecule has 3 heterocycles. The Morgan fingerprint density at radius 2 is 1.82 bits per heavy atom. The molecule has 0 amide bonds. The second kappa shape index (κ2) is 11.0. The van der Waals surface area contributed by atoms with E-state index in [2.05, 4.69) is 31.2 Å². The first-order valence-corrected chi connectivity index (χ1v) is 12.6. The fraction of sp³-hybridized carbons (Fsp3) is 0.321. The Balaban J connectivity index is 1.39. The van der Waals surface area contributed by atoms with E-state index in [4.69, 9.17) is 15.2 Å². The summed E-state index contributed by atoms with van der Waals surface area (Å²) >= 11 is 0. The van der Waals surface area contributed by atoms with E-state index in [1.165, 1.54) is 0 Å². The Hall–Kier alpha value is -4.33. The number of β-amino-alcohol motifs (C(OH)–C–C–N with tert-alkyl or cyclic N) is 1. The number of nitrogens with zero attached hydrogens (tertiary/aromatic N) is 5. The highest BCUT2D eigenvalue weighted by Crippen LogP contribution is 2.42. The van der Waals surface area contributed by atoms with Gasteiger partial charge in [-0.05, 0) is 36.2 Å². The van der Waals surface area contributed by atoms with Gasteiger partial charge in [0.2, 0.25) is 5.88 Å². The van der Waals surface area contributed by atoms with Crippen LogP contribution in [0.4, 0.5) is 11.5 Å². The number of nitriles is 1. The van der Waals surface area contributed by atoms with Crippen LogP contribution >= 0.6 is 0 Å². The normalized spacial score (nSPS) is 17.4. The van der Waals surface area contributed by atoms with Crippen molar-refractivity contribution in [3.05, 3.63) is 76.9 Å². The van der Waals surface area contributed by atoms with E-state index in [-0.39, 0.29) is 12.5 Å². The number of aryl methyl sites for hydroxylation is 1. The molecule has 2 aromatic carbocycles. The number of aromatic nitrogens is 2. The van der Waals surface area contributed by atoms with Crippen molar-refractivity contribution in [1.29, 1.82) is 5.26 Å². The molecule has 0 spiro atoms. The van der Waals surface area contributed by atoms with Crippen molar-refractivity contribution >= 4 is 11.5 Å². The van der Waals surface area contributed by atoms with E-state index in [0.717, 1.165) is 54.6 Å². The molecule has 38 heavy (non-hydrogen) atoms. The lowest BCUT2D eigenvalue weighted by Crippen LogP contribution is -2.47. The molecule has 0 aliphatic carbocycles. The largest absolute Gasteiger partial charge is 0.497 e. The first-order valence-electron chi connectivity index (χ1n) is 12.6. The average molecular weight is 514 g/mol. The van der Waals surface area contributed by atoms with Gasteiger partial charge in [0, 0.05) is 56.5 Å². The molecule has 5 rings (SSSR count). The number of nitrogens with two attached hydrogens (primary N) is 1. The second-order valence-corrected chi connectivity index (χ2v) is 9.29. The number of hydrogen-bond donors (Lipinski definition) is 3. The molecule has 2 aliphatic rings. The van der Waals surface area contributed by atoms with Crippen LogP contribution < -0.4 is 25.4 Å². The Morgan fingerprint density at radius 1 is 1.08 bits per heavy atom. The van der Waals surface area contributed by atoms with Crippen LogP contribution in [0.1, 0.15) is 22.9 Å². The molecule has 0 saturated carbocycles. The Morgan fingerprint density at radius 3 is 2.50 bits per heavy atom. The van der Waals surface area contributed by atoms with Crippen molar-refractivity contribution in [2.24, 2.45) is 5.73 Å². The molecular weight excluding hydrogens is 482 g/mol. The molecule has 1 unspecified atom stereocenters. The maximum atomic E-state index is 9.86. The molecule has 10 heteroatoms. The third-order valence-corrected chi connectivity index (χ3v) is 6.89. The fourth-order valence-electron chi connectivity index (χ4n) is 4.95. The van der Waals surface area contributed by atoms with Gasteiger partial charge in [-0.3, -0.25) is 4.90 Å². The van der Waals surface area contributed by atoms with E-state index >= 15 is 0 Å². The van der Waals surface area contributed by atoms with E-state index < -0.39 is 0 Å². The SMILES string of the molecule is COc1ccc(C2C(C#N)=C(N)Nc3cc(Oc4cc(N5CCN(CCO)CC5)nc(C)n4)ccc32)cc1. The van der Waals surface area contributed by atoms with Gasteiger partial charge >= 0.3 is 0 Å². The average Bonchev–Trinajstić information content (AvgIpc) is 2.92. The lowest BCUT2D eigenvalue weighted by molar-refractivity contribution is 0.188. The third-order valence-electron chi connectivity index (χ3n) is 6.89. The van der Waals surface area contributed by atoms with Gasteiger partial charge in [-0.1, -0.05) is 18.2 Å². The number of aliphatic hydroxyl groups is 1. The Bertz CT molecular complexity index is 1380. The van der Waals surface area contributed by atoms with Crippen molar-refractivity contribution in [2.45, 2.75) is 12.8 Å². The van der Waals surface area contributed by atoms with Gasteiger partial charge in [-0.2, -0.15) is 10.2 Å². The number of benzene rings is 2. The molecule has 3 aromatic rings. The number of anilines is 2. The van der Waals surface area contributed by atoms with Gasteiger partial charge < -0.3 is 30.5 Å². The second-order valence-electron chi connectivity index (χ2n) is 9.29. The predicted octanol–water partition coefficient (Wildman–Crippen LogP) is 2.95. The molecule has 10 nitrogen and oxygen atoms in total. The van der Waals surface area contributed by atoms with Crippen LogP contribution in [0.3, 0.4) is 0 Å². The highest BCUT2D eigenvalue weighted by Gasteiger charge is 2.29. The lowest BCUT2D eigenvalue weighted by Gasteiger charge is -2.35. The van der Waals surface area contributed by atoms with Crippen molar-refractivity contribution in [3.63, 3.8) is 0 Å². The summed E-state index contributed by atoms with van der Waals surface area (Å²) in [6.45, 7) is 6.07. The summed E-state index contributed by atoms with van der Waals surface area (Å²) in [5, 5.41) is 22.2. The van der Waals surface area contributed by atoms with E-state index in [0.29, 0.717) is 35.4 Å². The number of aliphatic hydroxyl groups excluding tert-OH is 1. The van der Waals surface area contributed by atoms with E-state index in [9.17, 15) is 10.4 Å².